The molecule has 0 saturated carbocycles. The van der Waals surface area contributed by atoms with Gasteiger partial charge in [0.1, 0.15) is 0 Å². The molecule has 2 aromatic carbocycles. The first-order valence-electron chi connectivity index (χ1n) is 10.7. The van der Waals surface area contributed by atoms with Crippen molar-refractivity contribution in [2.45, 2.75) is 32.7 Å². The molecule has 3 N–H and O–H groups in total. The first-order chi connectivity index (χ1) is 15.7. The largest absolute Gasteiger partial charge is 0.325 e. The molecule has 7 nitrogen and oxygen atoms in total. The number of aromatic nitrogens is 4. The summed E-state index contributed by atoms with van der Waals surface area (Å²) >= 11 is 0. The molecule has 0 unspecified atom stereocenters. The second-order valence-electron chi connectivity index (χ2n) is 9.03. The van der Waals surface area contributed by atoms with E-state index < -0.39 is 0 Å². The summed E-state index contributed by atoms with van der Waals surface area (Å²) in [6.45, 7) is 6.69. The molecule has 0 spiro atoms. The molecule has 2 heterocycles. The number of rotatable bonds is 4. The fourth-order valence-corrected chi connectivity index (χ4v) is 3.85. The van der Waals surface area contributed by atoms with Gasteiger partial charge in [-0.2, -0.15) is 15.5 Å². The Morgan fingerprint density at radius 1 is 1.18 bits per heavy atom. The molecule has 4 rings (SSSR count). The first kappa shape index (κ1) is 22.2. The van der Waals surface area contributed by atoms with Crippen LogP contribution in [-0.4, -0.2) is 20.0 Å². The maximum absolute atomic E-state index is 12.2. The highest BCUT2D eigenvalue weighted by atomic mass is 16.1. The molecule has 0 bridgehead atoms. The van der Waals surface area contributed by atoms with E-state index in [1.54, 1.807) is 16.9 Å². The molecule has 0 aliphatic rings. The summed E-state index contributed by atoms with van der Waals surface area (Å²) in [6, 6.07) is 15.9. The summed E-state index contributed by atoms with van der Waals surface area (Å²) in [6.07, 6.45) is 3.60. The summed E-state index contributed by atoms with van der Waals surface area (Å²) in [5.41, 5.74) is 11.3. The Kier molecular flexibility index (Phi) is 5.71. The maximum atomic E-state index is 12.2. The molecule has 33 heavy (non-hydrogen) atoms. The monoisotopic (exact) mass is 438 g/mol. The van der Waals surface area contributed by atoms with E-state index in [9.17, 15) is 10.1 Å². The number of nitrogens with two attached hydrogens (primary N) is 1. The highest BCUT2D eigenvalue weighted by molar-refractivity contribution is 5.94. The second-order valence-corrected chi connectivity index (χ2v) is 9.03. The molecule has 166 valence electrons. The lowest BCUT2D eigenvalue weighted by Gasteiger charge is -2.19. The number of benzene rings is 2. The number of H-pyrrole nitrogens is 1. The van der Waals surface area contributed by atoms with Crippen LogP contribution in [0.15, 0.2) is 53.5 Å². The molecule has 0 radical (unpaired) electrons. The van der Waals surface area contributed by atoms with Gasteiger partial charge in [0.25, 0.3) is 5.56 Å². The Morgan fingerprint density at radius 3 is 2.55 bits per heavy atom. The summed E-state index contributed by atoms with van der Waals surface area (Å²) in [4.78, 5) is 12.2. The van der Waals surface area contributed by atoms with Crippen molar-refractivity contribution < 1.29 is 0 Å². The van der Waals surface area contributed by atoms with Crippen LogP contribution in [0, 0.1) is 11.3 Å². The molecule has 0 fully saturated rings. The van der Waals surface area contributed by atoms with Gasteiger partial charge < -0.3 is 5.73 Å². The van der Waals surface area contributed by atoms with Crippen LogP contribution in [0.4, 0.5) is 0 Å². The van der Waals surface area contributed by atoms with Gasteiger partial charge >= 0.3 is 0 Å². The van der Waals surface area contributed by atoms with Gasteiger partial charge in [-0.15, -0.1) is 0 Å². The van der Waals surface area contributed by atoms with E-state index in [1.807, 2.05) is 37.4 Å². The lowest BCUT2D eigenvalue weighted by Crippen LogP contribution is -2.13. The molecule has 0 amide bonds. The summed E-state index contributed by atoms with van der Waals surface area (Å²) < 4.78 is 1.74. The van der Waals surface area contributed by atoms with Gasteiger partial charge in [-0.1, -0.05) is 51.1 Å². The van der Waals surface area contributed by atoms with Gasteiger partial charge in [0.2, 0.25) is 0 Å². The van der Waals surface area contributed by atoms with E-state index in [0.717, 1.165) is 22.4 Å². The number of nitriles is 1. The van der Waals surface area contributed by atoms with Gasteiger partial charge in [0.05, 0.1) is 34.6 Å². The molecule has 0 aliphatic carbocycles. The predicted molar refractivity (Wildman–Crippen MR) is 131 cm³/mol. The van der Waals surface area contributed by atoms with Gasteiger partial charge in [-0.05, 0) is 40.3 Å². The minimum absolute atomic E-state index is 0.0410. The third-order valence-corrected chi connectivity index (χ3v) is 5.82. The standard InChI is InChI=1S/C26H26N6O/c1-26(2,3)19-8-5-16(6-9-19)18(13-27)12-24-22(15-29-32(24)4)17-7-10-20-21(11-17)23(14-28)30-31-25(20)33/h5-12,15H,14,28H2,1-4H3,(H,31,33)/b18-12+. The summed E-state index contributed by atoms with van der Waals surface area (Å²) in [5.74, 6) is 0. The van der Waals surface area contributed by atoms with E-state index in [1.165, 1.54) is 5.56 Å². The first-order valence-corrected chi connectivity index (χ1v) is 10.7. The van der Waals surface area contributed by atoms with Gasteiger partial charge in [-0.25, -0.2) is 5.10 Å². The molecular weight excluding hydrogens is 412 g/mol. The molecule has 4 aromatic rings. The number of aromatic amines is 1. The molecule has 0 atom stereocenters. The molecule has 2 aromatic heterocycles. The predicted octanol–water partition coefficient (Wildman–Crippen LogP) is 4.14. The average molecular weight is 439 g/mol. The highest BCUT2D eigenvalue weighted by Crippen LogP contribution is 2.30. The van der Waals surface area contributed by atoms with Gasteiger partial charge in [-0.3, -0.25) is 9.48 Å². The number of aryl methyl sites for hydroxylation is 1. The zero-order valence-electron chi connectivity index (χ0n) is 19.2. The minimum Gasteiger partial charge on any atom is -0.325 e. The topological polar surface area (TPSA) is 113 Å². The van der Waals surface area contributed by atoms with Crippen LogP contribution >= 0.6 is 0 Å². The van der Waals surface area contributed by atoms with Crippen LogP contribution < -0.4 is 11.3 Å². The van der Waals surface area contributed by atoms with E-state index in [0.29, 0.717) is 22.0 Å². The van der Waals surface area contributed by atoms with Crippen molar-refractivity contribution in [3.63, 3.8) is 0 Å². The third-order valence-electron chi connectivity index (χ3n) is 5.82. The van der Waals surface area contributed by atoms with Crippen LogP contribution in [0.25, 0.3) is 33.5 Å². The van der Waals surface area contributed by atoms with E-state index in [4.69, 9.17) is 5.73 Å². The van der Waals surface area contributed by atoms with E-state index in [-0.39, 0.29) is 17.5 Å². The quantitative estimate of drug-likeness (QED) is 0.465. The SMILES string of the molecule is Cn1ncc(-c2ccc3c(=O)[nH]nc(CN)c3c2)c1/C=C(\C#N)c1ccc(C(C)(C)C)cc1. The Morgan fingerprint density at radius 2 is 1.91 bits per heavy atom. The van der Waals surface area contributed by atoms with Crippen molar-refractivity contribution >= 4 is 22.4 Å². The smallest absolute Gasteiger partial charge is 0.272 e. The van der Waals surface area contributed by atoms with Crippen LogP contribution in [0.1, 0.15) is 43.3 Å². The number of hydrogen-bond acceptors (Lipinski definition) is 5. The Balaban J connectivity index is 1.82. The van der Waals surface area contributed by atoms with Crippen molar-refractivity contribution in [1.82, 2.24) is 20.0 Å². The van der Waals surface area contributed by atoms with Crippen molar-refractivity contribution in [3.05, 3.63) is 81.5 Å². The van der Waals surface area contributed by atoms with Crippen molar-refractivity contribution in [2.24, 2.45) is 12.8 Å². The highest BCUT2D eigenvalue weighted by Gasteiger charge is 2.16. The zero-order valence-corrected chi connectivity index (χ0v) is 19.2. The average Bonchev–Trinajstić information content (AvgIpc) is 3.17. The summed E-state index contributed by atoms with van der Waals surface area (Å²) in [7, 11) is 1.84. The lowest BCUT2D eigenvalue weighted by molar-refractivity contribution is 0.590. The maximum Gasteiger partial charge on any atom is 0.272 e. The van der Waals surface area contributed by atoms with Crippen LogP contribution in [0.5, 0.6) is 0 Å². The molecular formula is C26H26N6O. The van der Waals surface area contributed by atoms with Gasteiger partial charge in [0, 0.05) is 24.5 Å². The molecule has 0 aliphatic heterocycles. The Hall–Kier alpha value is -4.02. The second kappa shape index (κ2) is 8.49. The van der Waals surface area contributed by atoms with E-state index >= 15 is 0 Å². The van der Waals surface area contributed by atoms with Crippen molar-refractivity contribution in [2.75, 3.05) is 0 Å². The normalized spacial score (nSPS) is 12.2. The molecule has 0 saturated heterocycles. The number of nitrogens with zero attached hydrogens (tertiary/aromatic N) is 4. The van der Waals surface area contributed by atoms with Crippen LogP contribution in [0.2, 0.25) is 0 Å². The number of hydrogen-bond donors (Lipinski definition) is 2. The summed E-state index contributed by atoms with van der Waals surface area (Å²) in [5, 5.41) is 22.1. The van der Waals surface area contributed by atoms with E-state index in [2.05, 4.69) is 54.3 Å². The number of fused-ring (bicyclic) bond motifs is 1. The van der Waals surface area contributed by atoms with Crippen molar-refractivity contribution in [3.8, 4) is 17.2 Å². The Labute approximate surface area is 192 Å². The van der Waals surface area contributed by atoms with Crippen molar-refractivity contribution in [1.29, 1.82) is 5.26 Å². The van der Waals surface area contributed by atoms with Gasteiger partial charge in [0.15, 0.2) is 0 Å². The molecule has 7 heteroatoms. The minimum atomic E-state index is -0.259. The fourth-order valence-electron chi connectivity index (χ4n) is 3.85. The number of nitrogens with one attached hydrogen (secondary N) is 1. The fraction of sp³-hybridized carbons (Fsp3) is 0.231. The van der Waals surface area contributed by atoms with Crippen LogP contribution in [0.3, 0.4) is 0 Å². The lowest BCUT2D eigenvalue weighted by atomic mass is 9.86. The number of allylic oxidation sites excluding steroid dienone is 1. The Bertz CT molecular complexity index is 1460. The third kappa shape index (κ3) is 4.21. The van der Waals surface area contributed by atoms with Crippen LogP contribution in [-0.2, 0) is 19.0 Å². The zero-order chi connectivity index (χ0) is 23.8.